The van der Waals surface area contributed by atoms with Gasteiger partial charge in [0.05, 0.1) is 0 Å². The molecule has 0 radical (unpaired) electrons. The number of esters is 3. The van der Waals surface area contributed by atoms with Crippen LogP contribution < -0.4 is 0 Å². The molecule has 1 atom stereocenters. The number of rotatable bonds is 60. The van der Waals surface area contributed by atoms with E-state index in [-0.39, 0.29) is 37.5 Å². The number of allylic oxidation sites excluding steroid dienone is 26. The molecule has 6 heteroatoms. The largest absolute Gasteiger partial charge is 0.462 e. The lowest BCUT2D eigenvalue weighted by molar-refractivity contribution is -0.167. The lowest BCUT2D eigenvalue weighted by Crippen LogP contribution is -2.30. The SMILES string of the molecule is CC/C=C\C/C=C\C/C=C\C/C=C\C/C=C\C/C=C\C/C=C\C/C=C\CCCCC(=O)OC(COC(=O)CCCCCCCCCCC)COC(=O)CCCCCCCCCCCCCCC/C=C\C/C=C\C/C=C\C/C=C\C/C=C\CC. The van der Waals surface area contributed by atoms with Gasteiger partial charge >= 0.3 is 17.9 Å². The van der Waals surface area contributed by atoms with Gasteiger partial charge < -0.3 is 14.2 Å². The van der Waals surface area contributed by atoms with Crippen LogP contribution in [-0.2, 0) is 28.6 Å². The van der Waals surface area contributed by atoms with Crippen LogP contribution in [0, 0.1) is 0 Å². The van der Waals surface area contributed by atoms with Crippen LogP contribution in [0.5, 0.6) is 0 Å². The lowest BCUT2D eigenvalue weighted by atomic mass is 10.0. The van der Waals surface area contributed by atoms with Gasteiger partial charge in [0.25, 0.3) is 0 Å². The van der Waals surface area contributed by atoms with Crippen molar-refractivity contribution in [3.05, 3.63) is 158 Å². The summed E-state index contributed by atoms with van der Waals surface area (Å²) in [6, 6.07) is 0. The van der Waals surface area contributed by atoms with Gasteiger partial charge in [0.1, 0.15) is 13.2 Å². The number of unbranched alkanes of at least 4 members (excludes halogenated alkanes) is 23. The number of hydrogen-bond donors (Lipinski definition) is 0. The van der Waals surface area contributed by atoms with Gasteiger partial charge in [-0.1, -0.05) is 301 Å². The number of carbonyl (C=O) groups excluding carboxylic acids is 3. The molecule has 0 aliphatic rings. The highest BCUT2D eigenvalue weighted by atomic mass is 16.6. The number of carbonyl (C=O) groups is 3. The van der Waals surface area contributed by atoms with Crippen LogP contribution in [-0.4, -0.2) is 37.2 Å². The maximum atomic E-state index is 12.9. The van der Waals surface area contributed by atoms with E-state index in [4.69, 9.17) is 14.2 Å². The van der Waals surface area contributed by atoms with Gasteiger partial charge in [0.15, 0.2) is 6.10 Å². The van der Waals surface area contributed by atoms with E-state index in [9.17, 15) is 14.4 Å². The van der Waals surface area contributed by atoms with Crippen LogP contribution in [0.4, 0.5) is 0 Å². The van der Waals surface area contributed by atoms with Crippen molar-refractivity contribution in [1.82, 2.24) is 0 Å². The molecule has 0 aliphatic heterocycles. The second-order valence-corrected chi connectivity index (χ2v) is 22.0. The van der Waals surface area contributed by atoms with E-state index in [0.717, 1.165) is 135 Å². The van der Waals surface area contributed by atoms with Gasteiger partial charge in [0.2, 0.25) is 0 Å². The molecule has 0 spiro atoms. The summed E-state index contributed by atoms with van der Waals surface area (Å²) < 4.78 is 16.9. The molecule has 0 bridgehead atoms. The number of hydrogen-bond acceptors (Lipinski definition) is 6. The van der Waals surface area contributed by atoms with Crippen LogP contribution in [0.3, 0.4) is 0 Å². The summed E-state index contributed by atoms with van der Waals surface area (Å²) in [6.45, 7) is 6.36. The maximum Gasteiger partial charge on any atom is 0.306 e. The minimum absolute atomic E-state index is 0.0991. The molecule has 0 fully saturated rings. The predicted molar refractivity (Wildman–Crippen MR) is 362 cm³/mol. The van der Waals surface area contributed by atoms with E-state index in [1.54, 1.807) is 0 Å². The minimum Gasteiger partial charge on any atom is -0.462 e. The van der Waals surface area contributed by atoms with Gasteiger partial charge in [-0.05, 0) is 128 Å². The van der Waals surface area contributed by atoms with E-state index in [2.05, 4.69) is 179 Å². The van der Waals surface area contributed by atoms with E-state index in [0.29, 0.717) is 19.3 Å². The van der Waals surface area contributed by atoms with Crippen LogP contribution in [0.15, 0.2) is 158 Å². The molecule has 0 saturated heterocycles. The third kappa shape index (κ3) is 67.7. The second-order valence-electron chi connectivity index (χ2n) is 22.0. The molecule has 6 nitrogen and oxygen atoms in total. The van der Waals surface area contributed by atoms with Crippen LogP contribution in [0.2, 0.25) is 0 Å². The fourth-order valence-electron chi connectivity index (χ4n) is 9.01. The Morgan fingerprint density at radius 2 is 0.470 bits per heavy atom. The Labute approximate surface area is 511 Å². The van der Waals surface area contributed by atoms with E-state index in [1.807, 2.05) is 0 Å². The summed E-state index contributed by atoms with van der Waals surface area (Å²) in [5, 5.41) is 0. The van der Waals surface area contributed by atoms with Crippen molar-refractivity contribution >= 4 is 17.9 Å². The van der Waals surface area contributed by atoms with Gasteiger partial charge in [-0.25, -0.2) is 0 Å². The Morgan fingerprint density at radius 3 is 0.759 bits per heavy atom. The molecular weight excluding hydrogens is 1020 g/mol. The fourth-order valence-corrected chi connectivity index (χ4v) is 9.01. The summed E-state index contributed by atoms with van der Waals surface area (Å²) in [4.78, 5) is 38.3. The summed E-state index contributed by atoms with van der Waals surface area (Å²) >= 11 is 0. The molecule has 0 aliphatic carbocycles. The third-order valence-electron chi connectivity index (χ3n) is 14.0. The molecule has 83 heavy (non-hydrogen) atoms. The molecule has 0 saturated carbocycles. The zero-order valence-corrected chi connectivity index (χ0v) is 53.7. The van der Waals surface area contributed by atoms with Crippen molar-refractivity contribution in [3.63, 3.8) is 0 Å². The average Bonchev–Trinajstić information content (AvgIpc) is 3.49. The first-order chi connectivity index (χ1) is 41.0. The van der Waals surface area contributed by atoms with Gasteiger partial charge in [-0.2, -0.15) is 0 Å². The molecule has 0 amide bonds. The minimum atomic E-state index is -0.807. The first-order valence-corrected chi connectivity index (χ1v) is 34.0. The molecule has 0 aromatic rings. The molecule has 0 aromatic carbocycles. The quantitative estimate of drug-likeness (QED) is 0.0261. The smallest absolute Gasteiger partial charge is 0.306 e. The normalized spacial score (nSPS) is 13.1. The van der Waals surface area contributed by atoms with Crippen LogP contribution >= 0.6 is 0 Å². The van der Waals surface area contributed by atoms with Crippen molar-refractivity contribution in [2.45, 2.75) is 297 Å². The van der Waals surface area contributed by atoms with E-state index < -0.39 is 6.10 Å². The zero-order chi connectivity index (χ0) is 59.9. The molecule has 0 rings (SSSR count). The maximum absolute atomic E-state index is 12.9. The Kier molecular flexibility index (Phi) is 65.4. The summed E-state index contributed by atoms with van der Waals surface area (Å²) in [5.74, 6) is -0.947. The van der Waals surface area contributed by atoms with Crippen LogP contribution in [0.25, 0.3) is 0 Å². The number of ether oxygens (including phenoxy) is 3. The first kappa shape index (κ1) is 78.0. The standard InChI is InChI=1S/C77H124O6/c1-4-7-10-13-16-19-21-23-25-27-29-31-33-35-37-38-40-41-43-45-47-49-51-53-55-58-61-64-67-70-76(79)82-73-74(72-81-75(78)69-66-63-60-57-18-15-12-9-6-3)83-77(80)71-68-65-62-59-56-54-52-50-48-46-44-42-39-36-34-32-30-28-26-24-22-20-17-14-11-8-5-2/h7-8,10-11,16-17,19-20,23-26,29-32,35-37,39,44,46,50,52,56,59,74H,4-6,9,12-15,18,21-22,27-28,33-34,38,40-43,45,47-49,51,53-55,57-58,60-73H2,1-3H3/b10-7-,11-8-,19-16-,20-17-,25-23-,26-24-,31-29-,32-30-,37-35-,39-36-,46-44-,52-50-,59-56-. The monoisotopic (exact) mass is 1140 g/mol. The fraction of sp³-hybridized carbons (Fsp3) is 0.623. The van der Waals surface area contributed by atoms with E-state index in [1.165, 1.54) is 109 Å². The summed E-state index contributed by atoms with van der Waals surface area (Å²) in [5.41, 5.74) is 0. The van der Waals surface area contributed by atoms with Crippen molar-refractivity contribution in [2.24, 2.45) is 0 Å². The lowest BCUT2D eigenvalue weighted by Gasteiger charge is -2.18. The Morgan fingerprint density at radius 1 is 0.253 bits per heavy atom. The molecule has 0 N–H and O–H groups in total. The Balaban J connectivity index is 4.29. The van der Waals surface area contributed by atoms with Gasteiger partial charge in [-0.15, -0.1) is 0 Å². The zero-order valence-electron chi connectivity index (χ0n) is 53.7. The van der Waals surface area contributed by atoms with Crippen LogP contribution in [0.1, 0.15) is 290 Å². The molecule has 0 aromatic heterocycles. The Bertz CT molecular complexity index is 1840. The highest BCUT2D eigenvalue weighted by molar-refractivity contribution is 5.71. The third-order valence-corrected chi connectivity index (χ3v) is 14.0. The topological polar surface area (TPSA) is 78.9 Å². The van der Waals surface area contributed by atoms with Crippen molar-refractivity contribution in [2.75, 3.05) is 13.2 Å². The van der Waals surface area contributed by atoms with Crippen molar-refractivity contribution in [1.29, 1.82) is 0 Å². The molecule has 0 heterocycles. The average molecular weight is 1150 g/mol. The van der Waals surface area contributed by atoms with Gasteiger partial charge in [0, 0.05) is 19.3 Å². The van der Waals surface area contributed by atoms with Gasteiger partial charge in [-0.3, -0.25) is 14.4 Å². The highest BCUT2D eigenvalue weighted by Gasteiger charge is 2.19. The predicted octanol–water partition coefficient (Wildman–Crippen LogP) is 23.7. The molecule has 1 unspecified atom stereocenters. The van der Waals surface area contributed by atoms with Crippen molar-refractivity contribution < 1.29 is 28.6 Å². The Hall–Kier alpha value is -4.97. The van der Waals surface area contributed by atoms with E-state index >= 15 is 0 Å². The summed E-state index contributed by atoms with van der Waals surface area (Å²) in [6.07, 6.45) is 101. The molecular formula is C77H124O6. The molecule has 468 valence electrons. The van der Waals surface area contributed by atoms with Crippen molar-refractivity contribution in [3.8, 4) is 0 Å². The second kappa shape index (κ2) is 69.5. The highest BCUT2D eigenvalue weighted by Crippen LogP contribution is 2.16. The first-order valence-electron chi connectivity index (χ1n) is 34.0. The summed E-state index contributed by atoms with van der Waals surface area (Å²) in [7, 11) is 0.